The second-order valence-corrected chi connectivity index (χ2v) is 3.03. The first-order chi connectivity index (χ1) is 5.77. The quantitative estimate of drug-likeness (QED) is 0.772. The Morgan fingerprint density at radius 2 is 2.25 bits per heavy atom. The Morgan fingerprint density at radius 1 is 1.50 bits per heavy atom. The number of aliphatic hydroxyl groups excluding tert-OH is 1. The predicted molar refractivity (Wildman–Crippen MR) is 47.3 cm³/mol. The molecule has 0 radical (unpaired) electrons. The highest BCUT2D eigenvalue weighted by Crippen LogP contribution is 2.19. The lowest BCUT2D eigenvalue weighted by atomic mass is 10.0. The zero-order chi connectivity index (χ0) is 8.97. The number of rotatable bonds is 3. The number of hydrogen-bond donors (Lipinski definition) is 1. The second kappa shape index (κ2) is 4.43. The molecule has 0 bridgehead atoms. The molecule has 0 aromatic heterocycles. The molecule has 1 aromatic carbocycles. The van der Waals surface area contributed by atoms with Crippen LogP contribution in [0.15, 0.2) is 24.3 Å². The summed E-state index contributed by atoms with van der Waals surface area (Å²) in [6.45, 7) is -0.742. The van der Waals surface area contributed by atoms with Gasteiger partial charge in [-0.25, -0.2) is 0 Å². The minimum Gasteiger partial charge on any atom is -0.396 e. The lowest BCUT2D eigenvalue weighted by Crippen LogP contribution is -2.05. The molecule has 0 fully saturated rings. The van der Waals surface area contributed by atoms with E-state index in [9.17, 15) is 4.39 Å². The average Bonchev–Trinajstić information content (AvgIpc) is 2.07. The molecule has 0 heterocycles. The predicted octanol–water partition coefficient (Wildman–Crippen LogP) is 2.39. The van der Waals surface area contributed by atoms with E-state index in [2.05, 4.69) is 0 Å². The van der Waals surface area contributed by atoms with Gasteiger partial charge >= 0.3 is 0 Å². The van der Waals surface area contributed by atoms with Gasteiger partial charge in [0.05, 0.1) is 13.3 Å². The highest BCUT2D eigenvalue weighted by atomic mass is 35.5. The van der Waals surface area contributed by atoms with Gasteiger partial charge in [-0.15, -0.1) is 0 Å². The molecule has 0 spiro atoms. The van der Waals surface area contributed by atoms with Crippen molar-refractivity contribution in [3.05, 3.63) is 34.9 Å². The van der Waals surface area contributed by atoms with Gasteiger partial charge in [-0.1, -0.05) is 23.7 Å². The largest absolute Gasteiger partial charge is 0.396 e. The minimum atomic E-state index is -0.559. The van der Waals surface area contributed by atoms with E-state index in [0.717, 1.165) is 5.56 Å². The van der Waals surface area contributed by atoms with Crippen molar-refractivity contribution in [2.75, 3.05) is 13.3 Å². The molecule has 0 amide bonds. The van der Waals surface area contributed by atoms with Gasteiger partial charge in [0.25, 0.3) is 0 Å². The van der Waals surface area contributed by atoms with Gasteiger partial charge in [-0.2, -0.15) is 0 Å². The van der Waals surface area contributed by atoms with Gasteiger partial charge in [0.15, 0.2) is 0 Å². The molecule has 1 atom stereocenters. The summed E-state index contributed by atoms with van der Waals surface area (Å²) in [5.74, 6) is -0.441. The Kier molecular flexibility index (Phi) is 3.50. The Labute approximate surface area is 75.8 Å². The van der Waals surface area contributed by atoms with Gasteiger partial charge in [-0.3, -0.25) is 4.39 Å². The van der Waals surface area contributed by atoms with E-state index < -0.39 is 12.6 Å². The van der Waals surface area contributed by atoms with Crippen LogP contribution in [0.1, 0.15) is 11.5 Å². The highest BCUT2D eigenvalue weighted by molar-refractivity contribution is 6.30. The minimum absolute atomic E-state index is 0.184. The van der Waals surface area contributed by atoms with Gasteiger partial charge in [0.2, 0.25) is 0 Å². The first kappa shape index (κ1) is 9.49. The highest BCUT2D eigenvalue weighted by Gasteiger charge is 2.09. The fourth-order valence-corrected chi connectivity index (χ4v) is 1.20. The number of alkyl halides is 1. The summed E-state index contributed by atoms with van der Waals surface area (Å²) in [4.78, 5) is 0. The van der Waals surface area contributed by atoms with Gasteiger partial charge in [0.1, 0.15) is 0 Å². The van der Waals surface area contributed by atoms with Crippen molar-refractivity contribution < 1.29 is 9.50 Å². The lowest BCUT2D eigenvalue weighted by molar-refractivity contribution is 0.241. The topological polar surface area (TPSA) is 20.2 Å². The summed E-state index contributed by atoms with van der Waals surface area (Å²) < 4.78 is 12.3. The molecule has 1 aromatic rings. The maximum atomic E-state index is 12.3. The third kappa shape index (κ3) is 2.19. The van der Waals surface area contributed by atoms with Crippen LogP contribution >= 0.6 is 11.6 Å². The first-order valence-corrected chi connectivity index (χ1v) is 4.08. The molecule has 0 saturated carbocycles. The molecule has 3 heteroatoms. The van der Waals surface area contributed by atoms with E-state index in [1.807, 2.05) is 0 Å². The van der Waals surface area contributed by atoms with E-state index in [4.69, 9.17) is 16.7 Å². The summed E-state index contributed by atoms with van der Waals surface area (Å²) in [6.07, 6.45) is 0. The molecular weight excluding hydrogens is 179 g/mol. The van der Waals surface area contributed by atoms with E-state index in [1.165, 1.54) is 0 Å². The molecule has 0 aliphatic carbocycles. The van der Waals surface area contributed by atoms with Crippen LogP contribution in [0.4, 0.5) is 4.39 Å². The van der Waals surface area contributed by atoms with Crippen LogP contribution in [0.5, 0.6) is 0 Å². The second-order valence-electron chi connectivity index (χ2n) is 2.59. The number of hydrogen-bond acceptors (Lipinski definition) is 1. The standard InChI is InChI=1S/C9H10ClFO/c10-9-3-1-2-7(4-9)8(5-11)6-12/h1-4,8,12H,5-6H2. The van der Waals surface area contributed by atoms with E-state index >= 15 is 0 Å². The fourth-order valence-electron chi connectivity index (χ4n) is 1.00. The van der Waals surface area contributed by atoms with Crippen molar-refractivity contribution in [1.29, 1.82) is 0 Å². The number of benzene rings is 1. The van der Waals surface area contributed by atoms with Crippen LogP contribution in [0.25, 0.3) is 0 Å². The third-order valence-corrected chi connectivity index (χ3v) is 1.96. The normalized spacial score (nSPS) is 12.9. The molecule has 1 nitrogen and oxygen atoms in total. The Morgan fingerprint density at radius 3 is 2.75 bits per heavy atom. The SMILES string of the molecule is OCC(CF)c1cccc(Cl)c1. The van der Waals surface area contributed by atoms with Gasteiger partial charge < -0.3 is 5.11 Å². The summed E-state index contributed by atoms with van der Waals surface area (Å²) in [6, 6.07) is 6.89. The van der Waals surface area contributed by atoms with Crippen molar-refractivity contribution in [2.24, 2.45) is 0 Å². The number of aliphatic hydroxyl groups is 1. The summed E-state index contributed by atoms with van der Waals surface area (Å²) in [7, 11) is 0. The maximum Gasteiger partial charge on any atom is 0.0985 e. The lowest BCUT2D eigenvalue weighted by Gasteiger charge is -2.09. The molecule has 1 N–H and O–H groups in total. The van der Waals surface area contributed by atoms with Crippen LogP contribution in [0, 0.1) is 0 Å². The Bertz CT molecular complexity index is 248. The van der Waals surface area contributed by atoms with Crippen molar-refractivity contribution in [1.82, 2.24) is 0 Å². The van der Waals surface area contributed by atoms with Crippen molar-refractivity contribution >= 4 is 11.6 Å². The molecule has 0 aliphatic heterocycles. The molecule has 66 valence electrons. The Hall–Kier alpha value is -0.600. The molecule has 0 saturated heterocycles. The Balaban J connectivity index is 2.85. The monoisotopic (exact) mass is 188 g/mol. The first-order valence-electron chi connectivity index (χ1n) is 3.70. The van der Waals surface area contributed by atoms with Gasteiger partial charge in [-0.05, 0) is 17.7 Å². The van der Waals surface area contributed by atoms with Crippen LogP contribution in [0.2, 0.25) is 5.02 Å². The van der Waals surface area contributed by atoms with E-state index in [0.29, 0.717) is 5.02 Å². The molecule has 12 heavy (non-hydrogen) atoms. The van der Waals surface area contributed by atoms with Gasteiger partial charge in [0, 0.05) is 10.9 Å². The summed E-state index contributed by atoms with van der Waals surface area (Å²) in [5.41, 5.74) is 0.743. The smallest absolute Gasteiger partial charge is 0.0985 e. The molecular formula is C9H10ClFO. The van der Waals surface area contributed by atoms with Crippen LogP contribution in [0.3, 0.4) is 0 Å². The molecule has 1 unspecified atom stereocenters. The number of halogens is 2. The van der Waals surface area contributed by atoms with Crippen molar-refractivity contribution in [3.8, 4) is 0 Å². The third-order valence-electron chi connectivity index (χ3n) is 1.73. The van der Waals surface area contributed by atoms with Crippen LogP contribution in [-0.2, 0) is 0 Å². The zero-order valence-electron chi connectivity index (χ0n) is 6.50. The summed E-state index contributed by atoms with van der Waals surface area (Å²) >= 11 is 5.70. The van der Waals surface area contributed by atoms with E-state index in [1.54, 1.807) is 24.3 Å². The zero-order valence-corrected chi connectivity index (χ0v) is 7.26. The van der Waals surface area contributed by atoms with Crippen LogP contribution in [-0.4, -0.2) is 18.4 Å². The van der Waals surface area contributed by atoms with Crippen LogP contribution < -0.4 is 0 Å². The molecule has 1 rings (SSSR count). The average molecular weight is 189 g/mol. The summed E-state index contributed by atoms with van der Waals surface area (Å²) in [5, 5.41) is 9.36. The maximum absolute atomic E-state index is 12.3. The van der Waals surface area contributed by atoms with Crippen molar-refractivity contribution in [2.45, 2.75) is 5.92 Å². The van der Waals surface area contributed by atoms with E-state index in [-0.39, 0.29) is 6.61 Å². The fraction of sp³-hybridized carbons (Fsp3) is 0.333. The molecule has 0 aliphatic rings. The van der Waals surface area contributed by atoms with Crippen molar-refractivity contribution in [3.63, 3.8) is 0 Å².